The SMILES string of the molecule is COCc1ccccc1NC(C)c1cc(C)c(C)cc1C. The molecule has 21 heavy (non-hydrogen) atoms. The molecule has 0 aromatic heterocycles. The molecule has 0 aliphatic carbocycles. The zero-order chi connectivity index (χ0) is 15.4. The topological polar surface area (TPSA) is 21.3 Å². The highest BCUT2D eigenvalue weighted by molar-refractivity contribution is 5.53. The molecule has 0 aliphatic rings. The van der Waals surface area contributed by atoms with Crippen molar-refractivity contribution in [2.45, 2.75) is 40.3 Å². The van der Waals surface area contributed by atoms with Crippen molar-refractivity contribution in [1.82, 2.24) is 0 Å². The summed E-state index contributed by atoms with van der Waals surface area (Å²) in [4.78, 5) is 0. The number of nitrogens with one attached hydrogen (secondary N) is 1. The number of methoxy groups -OCH3 is 1. The maximum atomic E-state index is 5.27. The van der Waals surface area contributed by atoms with Gasteiger partial charge in [-0.1, -0.05) is 30.3 Å². The van der Waals surface area contributed by atoms with Gasteiger partial charge in [-0.2, -0.15) is 0 Å². The van der Waals surface area contributed by atoms with Crippen LogP contribution in [0, 0.1) is 20.8 Å². The van der Waals surface area contributed by atoms with Crippen LogP contribution in [-0.4, -0.2) is 7.11 Å². The molecule has 1 atom stereocenters. The monoisotopic (exact) mass is 283 g/mol. The van der Waals surface area contributed by atoms with E-state index in [4.69, 9.17) is 4.74 Å². The zero-order valence-corrected chi connectivity index (χ0v) is 13.7. The molecule has 112 valence electrons. The third kappa shape index (κ3) is 3.64. The first-order valence-corrected chi connectivity index (χ1v) is 7.44. The third-order valence-corrected chi connectivity index (χ3v) is 4.04. The van der Waals surface area contributed by atoms with Gasteiger partial charge in [0, 0.05) is 24.4 Å². The van der Waals surface area contributed by atoms with E-state index in [2.05, 4.69) is 63.3 Å². The quantitative estimate of drug-likeness (QED) is 0.840. The van der Waals surface area contributed by atoms with Crippen LogP contribution in [0.4, 0.5) is 5.69 Å². The Labute approximate surface area is 128 Å². The van der Waals surface area contributed by atoms with Crippen molar-refractivity contribution in [3.63, 3.8) is 0 Å². The lowest BCUT2D eigenvalue weighted by atomic mass is 9.96. The van der Waals surface area contributed by atoms with E-state index >= 15 is 0 Å². The molecule has 1 N–H and O–H groups in total. The second-order valence-corrected chi connectivity index (χ2v) is 5.75. The third-order valence-electron chi connectivity index (χ3n) is 4.04. The van der Waals surface area contributed by atoms with Crippen LogP contribution in [0.1, 0.15) is 40.8 Å². The first-order chi connectivity index (χ1) is 10.0. The normalized spacial score (nSPS) is 12.2. The van der Waals surface area contributed by atoms with E-state index in [1.54, 1.807) is 7.11 Å². The Morgan fingerprint density at radius 3 is 2.38 bits per heavy atom. The van der Waals surface area contributed by atoms with Crippen molar-refractivity contribution in [3.05, 3.63) is 64.2 Å². The molecule has 2 aromatic rings. The fraction of sp³-hybridized carbons (Fsp3) is 0.368. The second kappa shape index (κ2) is 6.77. The summed E-state index contributed by atoms with van der Waals surface area (Å²) in [5.74, 6) is 0. The molecular formula is C19H25NO. The highest BCUT2D eigenvalue weighted by Gasteiger charge is 2.11. The van der Waals surface area contributed by atoms with Gasteiger partial charge < -0.3 is 10.1 Å². The van der Waals surface area contributed by atoms with E-state index in [0.717, 1.165) is 5.69 Å². The molecule has 0 saturated carbocycles. The summed E-state index contributed by atoms with van der Waals surface area (Å²) in [5, 5.41) is 3.62. The van der Waals surface area contributed by atoms with Gasteiger partial charge in [0.1, 0.15) is 0 Å². The van der Waals surface area contributed by atoms with Gasteiger partial charge in [0.2, 0.25) is 0 Å². The molecule has 0 heterocycles. The Hall–Kier alpha value is -1.80. The fourth-order valence-corrected chi connectivity index (χ4v) is 2.70. The summed E-state index contributed by atoms with van der Waals surface area (Å²) < 4.78 is 5.27. The van der Waals surface area contributed by atoms with E-state index in [9.17, 15) is 0 Å². The van der Waals surface area contributed by atoms with Crippen LogP contribution in [-0.2, 0) is 11.3 Å². The molecule has 2 aromatic carbocycles. The molecule has 0 saturated heterocycles. The van der Waals surface area contributed by atoms with E-state index in [1.165, 1.54) is 27.8 Å². The molecule has 0 radical (unpaired) electrons. The highest BCUT2D eigenvalue weighted by Crippen LogP contribution is 2.26. The van der Waals surface area contributed by atoms with Crippen LogP contribution in [0.25, 0.3) is 0 Å². The predicted octanol–water partition coefficient (Wildman–Crippen LogP) is 4.93. The summed E-state index contributed by atoms with van der Waals surface area (Å²) in [6, 6.07) is 13.1. The average Bonchev–Trinajstić information content (AvgIpc) is 2.45. The summed E-state index contributed by atoms with van der Waals surface area (Å²) in [6.07, 6.45) is 0. The zero-order valence-electron chi connectivity index (χ0n) is 13.7. The number of rotatable bonds is 5. The van der Waals surface area contributed by atoms with Crippen molar-refractivity contribution in [2.75, 3.05) is 12.4 Å². The summed E-state index contributed by atoms with van der Waals surface area (Å²) in [5.41, 5.74) is 7.71. The Bertz CT molecular complexity index is 619. The lowest BCUT2D eigenvalue weighted by Gasteiger charge is -2.21. The lowest BCUT2D eigenvalue weighted by molar-refractivity contribution is 0.185. The van der Waals surface area contributed by atoms with E-state index in [1.807, 2.05) is 6.07 Å². The standard InChI is InChI=1S/C19H25NO/c1-13-10-15(3)18(11-14(13)2)16(4)20-19-9-7-6-8-17(19)12-21-5/h6-11,16,20H,12H2,1-5H3. The average molecular weight is 283 g/mol. The minimum absolute atomic E-state index is 0.266. The summed E-state index contributed by atoms with van der Waals surface area (Å²) >= 11 is 0. The number of hydrogen-bond donors (Lipinski definition) is 1. The maximum absolute atomic E-state index is 5.27. The van der Waals surface area contributed by atoms with Gasteiger partial charge in [-0.25, -0.2) is 0 Å². The van der Waals surface area contributed by atoms with Crippen LogP contribution >= 0.6 is 0 Å². The fourth-order valence-electron chi connectivity index (χ4n) is 2.70. The van der Waals surface area contributed by atoms with Gasteiger partial charge in [0.15, 0.2) is 0 Å². The Morgan fingerprint density at radius 2 is 1.67 bits per heavy atom. The van der Waals surface area contributed by atoms with Gasteiger partial charge in [-0.15, -0.1) is 0 Å². The number of aryl methyl sites for hydroxylation is 3. The summed E-state index contributed by atoms with van der Waals surface area (Å²) in [6.45, 7) is 9.35. The van der Waals surface area contributed by atoms with Gasteiger partial charge in [-0.3, -0.25) is 0 Å². The van der Waals surface area contributed by atoms with Crippen LogP contribution < -0.4 is 5.32 Å². The number of benzene rings is 2. The van der Waals surface area contributed by atoms with Crippen LogP contribution in [0.3, 0.4) is 0 Å². The van der Waals surface area contributed by atoms with Gasteiger partial charge in [0.05, 0.1) is 6.61 Å². The largest absolute Gasteiger partial charge is 0.380 e. The molecule has 0 bridgehead atoms. The van der Waals surface area contributed by atoms with Crippen LogP contribution in [0.2, 0.25) is 0 Å². The first-order valence-electron chi connectivity index (χ1n) is 7.44. The minimum atomic E-state index is 0.266. The number of anilines is 1. The van der Waals surface area contributed by atoms with Gasteiger partial charge >= 0.3 is 0 Å². The Kier molecular flexibility index (Phi) is 5.03. The van der Waals surface area contributed by atoms with Crippen molar-refractivity contribution < 1.29 is 4.74 Å². The Balaban J connectivity index is 2.26. The maximum Gasteiger partial charge on any atom is 0.0733 e. The Morgan fingerprint density at radius 1 is 1.00 bits per heavy atom. The molecule has 0 aliphatic heterocycles. The van der Waals surface area contributed by atoms with Crippen LogP contribution in [0.15, 0.2) is 36.4 Å². The lowest BCUT2D eigenvalue weighted by Crippen LogP contribution is -2.10. The molecule has 2 nitrogen and oxygen atoms in total. The van der Waals surface area contributed by atoms with Gasteiger partial charge in [-0.05, 0) is 56.0 Å². The second-order valence-electron chi connectivity index (χ2n) is 5.75. The van der Waals surface area contributed by atoms with E-state index in [-0.39, 0.29) is 6.04 Å². The first kappa shape index (κ1) is 15.6. The predicted molar refractivity (Wildman–Crippen MR) is 89.8 cm³/mol. The smallest absolute Gasteiger partial charge is 0.0733 e. The molecule has 2 rings (SSSR count). The highest BCUT2D eigenvalue weighted by atomic mass is 16.5. The molecular weight excluding hydrogens is 258 g/mol. The molecule has 2 heteroatoms. The number of hydrogen-bond acceptors (Lipinski definition) is 2. The van der Waals surface area contributed by atoms with Gasteiger partial charge in [0.25, 0.3) is 0 Å². The molecule has 0 fully saturated rings. The molecule has 1 unspecified atom stereocenters. The number of ether oxygens (including phenoxy) is 1. The number of para-hydroxylation sites is 1. The summed E-state index contributed by atoms with van der Waals surface area (Å²) in [7, 11) is 1.73. The van der Waals surface area contributed by atoms with Crippen molar-refractivity contribution in [1.29, 1.82) is 0 Å². The van der Waals surface area contributed by atoms with E-state index in [0.29, 0.717) is 6.61 Å². The van der Waals surface area contributed by atoms with Crippen molar-refractivity contribution in [2.24, 2.45) is 0 Å². The van der Waals surface area contributed by atoms with Crippen LogP contribution in [0.5, 0.6) is 0 Å². The van der Waals surface area contributed by atoms with E-state index < -0.39 is 0 Å². The van der Waals surface area contributed by atoms with Crippen molar-refractivity contribution in [3.8, 4) is 0 Å². The minimum Gasteiger partial charge on any atom is -0.380 e. The van der Waals surface area contributed by atoms with Crippen molar-refractivity contribution >= 4 is 5.69 Å². The molecule has 0 spiro atoms. The molecule has 0 amide bonds.